The molecule has 0 N–H and O–H groups in total. The van der Waals surface area contributed by atoms with Crippen LogP contribution in [0.1, 0.15) is 0 Å². The monoisotopic (exact) mass is 481 g/mol. The minimum Gasteiger partial charge on any atom is -0.306 e. The average molecular weight is 482 g/mol. The highest BCUT2D eigenvalue weighted by molar-refractivity contribution is 6.32. The zero-order chi connectivity index (χ0) is 24.3. The van der Waals surface area contributed by atoms with Crippen molar-refractivity contribution in [1.29, 1.82) is 0 Å². The van der Waals surface area contributed by atoms with Crippen LogP contribution in [0.4, 0.5) is 0 Å². The van der Waals surface area contributed by atoms with Crippen LogP contribution in [0.5, 0.6) is 0 Å². The third-order valence-electron chi connectivity index (χ3n) is 6.48. The maximum Gasteiger partial charge on any atom is 0.0648 e. The number of nitrogens with zero attached hydrogens (tertiary/aromatic N) is 1. The molecule has 0 aliphatic rings. The maximum atomic E-state index is 6.91. The molecule has 0 amide bonds. The summed E-state index contributed by atoms with van der Waals surface area (Å²) in [5.41, 5.74) is 10.2. The Labute approximate surface area is 216 Å². The summed E-state index contributed by atoms with van der Waals surface area (Å²) in [5.74, 6) is 0. The lowest BCUT2D eigenvalue weighted by Crippen LogP contribution is -2.01. The van der Waals surface area contributed by atoms with Crippen LogP contribution < -0.4 is 0 Å². The Morgan fingerprint density at radius 1 is 0.361 bits per heavy atom. The molecule has 36 heavy (non-hydrogen) atoms. The minimum absolute atomic E-state index is 0.709. The average Bonchev–Trinajstić information content (AvgIpc) is 3.31. The van der Waals surface area contributed by atoms with E-state index in [1.54, 1.807) is 0 Å². The van der Waals surface area contributed by atoms with Gasteiger partial charge in [-0.3, -0.25) is 0 Å². The van der Waals surface area contributed by atoms with E-state index in [1.165, 1.54) is 11.1 Å². The van der Waals surface area contributed by atoms with Crippen molar-refractivity contribution in [2.24, 2.45) is 0 Å². The molecular formula is C34H24ClN. The van der Waals surface area contributed by atoms with E-state index in [0.29, 0.717) is 5.02 Å². The van der Waals surface area contributed by atoms with Gasteiger partial charge >= 0.3 is 0 Å². The quantitative estimate of drug-likeness (QED) is 0.231. The SMILES string of the molecule is Clc1ccccc1-n1c(-c2ccccc2)c(-c2ccccc2)c(-c2ccccc2)c1-c1ccccc1. The van der Waals surface area contributed by atoms with Crippen molar-refractivity contribution in [3.63, 3.8) is 0 Å². The number of hydrogen-bond donors (Lipinski definition) is 0. The molecule has 1 nitrogen and oxygen atoms in total. The van der Waals surface area contributed by atoms with Gasteiger partial charge in [0.15, 0.2) is 0 Å². The van der Waals surface area contributed by atoms with Crippen LogP contribution in [0.25, 0.3) is 50.5 Å². The summed E-state index contributed by atoms with van der Waals surface area (Å²) in [7, 11) is 0. The number of hydrogen-bond acceptors (Lipinski definition) is 0. The zero-order valence-corrected chi connectivity index (χ0v) is 20.4. The molecule has 0 saturated carbocycles. The summed E-state index contributed by atoms with van der Waals surface area (Å²) in [4.78, 5) is 0. The first-order chi connectivity index (χ1) is 17.8. The van der Waals surface area contributed by atoms with E-state index >= 15 is 0 Å². The fraction of sp³-hybridized carbons (Fsp3) is 0. The van der Waals surface area contributed by atoms with Crippen molar-refractivity contribution in [3.05, 3.63) is 151 Å². The molecule has 6 aromatic rings. The van der Waals surface area contributed by atoms with Gasteiger partial charge in [0, 0.05) is 11.1 Å². The normalized spacial score (nSPS) is 10.9. The Morgan fingerprint density at radius 2 is 0.694 bits per heavy atom. The van der Waals surface area contributed by atoms with E-state index in [-0.39, 0.29) is 0 Å². The third-order valence-corrected chi connectivity index (χ3v) is 6.80. The lowest BCUT2D eigenvalue weighted by atomic mass is 9.91. The van der Waals surface area contributed by atoms with Gasteiger partial charge in [0.25, 0.3) is 0 Å². The van der Waals surface area contributed by atoms with Crippen LogP contribution in [0.3, 0.4) is 0 Å². The summed E-state index contributed by atoms with van der Waals surface area (Å²) < 4.78 is 2.34. The molecule has 5 aromatic carbocycles. The van der Waals surface area contributed by atoms with Crippen LogP contribution in [0.2, 0.25) is 5.02 Å². The highest BCUT2D eigenvalue weighted by Crippen LogP contribution is 2.50. The zero-order valence-electron chi connectivity index (χ0n) is 19.7. The largest absolute Gasteiger partial charge is 0.306 e. The van der Waals surface area contributed by atoms with Crippen molar-refractivity contribution < 1.29 is 0 Å². The summed E-state index contributed by atoms with van der Waals surface area (Å²) in [6, 6.07) is 50.6. The van der Waals surface area contributed by atoms with Gasteiger partial charge < -0.3 is 4.57 Å². The topological polar surface area (TPSA) is 4.93 Å². The van der Waals surface area contributed by atoms with Crippen LogP contribution in [0, 0.1) is 0 Å². The molecule has 0 aliphatic carbocycles. The van der Waals surface area contributed by atoms with Crippen LogP contribution in [-0.2, 0) is 0 Å². The van der Waals surface area contributed by atoms with Gasteiger partial charge in [0.1, 0.15) is 0 Å². The van der Waals surface area contributed by atoms with Gasteiger partial charge in [-0.1, -0.05) is 145 Å². The fourth-order valence-electron chi connectivity index (χ4n) is 4.96. The number of halogens is 1. The molecule has 0 aliphatic heterocycles. The Bertz CT molecular complexity index is 1500. The first-order valence-electron chi connectivity index (χ1n) is 12.1. The highest BCUT2D eigenvalue weighted by atomic mass is 35.5. The van der Waals surface area contributed by atoms with Gasteiger partial charge in [0.2, 0.25) is 0 Å². The fourth-order valence-corrected chi connectivity index (χ4v) is 5.18. The van der Waals surface area contributed by atoms with E-state index in [4.69, 9.17) is 11.6 Å². The van der Waals surface area contributed by atoms with Gasteiger partial charge in [-0.25, -0.2) is 0 Å². The van der Waals surface area contributed by atoms with Crippen LogP contribution >= 0.6 is 11.6 Å². The molecule has 172 valence electrons. The molecule has 0 atom stereocenters. The summed E-state index contributed by atoms with van der Waals surface area (Å²) >= 11 is 6.91. The number of rotatable bonds is 5. The van der Waals surface area contributed by atoms with Crippen LogP contribution in [0.15, 0.2) is 146 Å². The molecule has 0 radical (unpaired) electrons. The van der Waals surface area contributed by atoms with Crippen molar-refractivity contribution in [2.75, 3.05) is 0 Å². The van der Waals surface area contributed by atoms with Crippen molar-refractivity contribution in [3.8, 4) is 50.5 Å². The summed E-state index contributed by atoms with van der Waals surface area (Å²) in [5, 5.41) is 0.709. The van der Waals surface area contributed by atoms with Gasteiger partial charge in [-0.15, -0.1) is 0 Å². The second-order valence-corrected chi connectivity index (χ2v) is 9.11. The van der Waals surface area contributed by atoms with Gasteiger partial charge in [-0.2, -0.15) is 0 Å². The summed E-state index contributed by atoms with van der Waals surface area (Å²) in [6.45, 7) is 0. The molecule has 1 heterocycles. The molecule has 0 saturated heterocycles. The summed E-state index contributed by atoms with van der Waals surface area (Å²) in [6.07, 6.45) is 0. The van der Waals surface area contributed by atoms with E-state index in [2.05, 4.69) is 138 Å². The molecule has 2 heteroatoms. The lowest BCUT2D eigenvalue weighted by Gasteiger charge is -2.17. The molecular weight excluding hydrogens is 458 g/mol. The number of para-hydroxylation sites is 1. The van der Waals surface area contributed by atoms with Crippen molar-refractivity contribution in [2.45, 2.75) is 0 Å². The van der Waals surface area contributed by atoms with E-state index in [0.717, 1.165) is 39.3 Å². The van der Waals surface area contributed by atoms with Gasteiger partial charge in [-0.05, 0) is 34.4 Å². The Kier molecular flexibility index (Phi) is 5.99. The van der Waals surface area contributed by atoms with Gasteiger partial charge in [0.05, 0.1) is 22.1 Å². The van der Waals surface area contributed by atoms with Crippen molar-refractivity contribution >= 4 is 11.6 Å². The third kappa shape index (κ3) is 3.94. The Balaban J connectivity index is 1.88. The lowest BCUT2D eigenvalue weighted by molar-refractivity contribution is 1.10. The standard InChI is InChI=1S/C34H24ClN/c35-29-23-13-14-24-30(29)36-33(27-19-9-3-10-20-27)31(25-15-5-1-6-16-25)32(26-17-7-2-8-18-26)34(36)28-21-11-4-12-22-28/h1-24H. The van der Waals surface area contributed by atoms with Crippen molar-refractivity contribution in [1.82, 2.24) is 4.57 Å². The predicted molar refractivity (Wildman–Crippen MR) is 153 cm³/mol. The predicted octanol–water partition coefficient (Wildman–Crippen LogP) is 9.80. The molecule has 6 rings (SSSR count). The minimum atomic E-state index is 0.709. The number of benzene rings is 5. The Morgan fingerprint density at radius 3 is 1.08 bits per heavy atom. The molecule has 0 fully saturated rings. The van der Waals surface area contributed by atoms with E-state index in [9.17, 15) is 0 Å². The molecule has 1 aromatic heterocycles. The molecule has 0 unspecified atom stereocenters. The van der Waals surface area contributed by atoms with E-state index < -0.39 is 0 Å². The smallest absolute Gasteiger partial charge is 0.0648 e. The number of aromatic nitrogens is 1. The first-order valence-corrected chi connectivity index (χ1v) is 12.5. The highest BCUT2D eigenvalue weighted by Gasteiger charge is 2.28. The first kappa shape index (κ1) is 22.2. The second-order valence-electron chi connectivity index (χ2n) is 8.70. The maximum absolute atomic E-state index is 6.91. The van der Waals surface area contributed by atoms with E-state index in [1.807, 2.05) is 12.1 Å². The molecule has 0 spiro atoms. The Hall–Kier alpha value is -4.33. The second kappa shape index (κ2) is 9.73. The molecule has 0 bridgehead atoms. The van der Waals surface area contributed by atoms with Crippen LogP contribution in [-0.4, -0.2) is 4.57 Å².